The van der Waals surface area contributed by atoms with Crippen LogP contribution in [-0.4, -0.2) is 70.8 Å². The molecule has 4 bridgehead atoms. The number of rotatable bonds is 5. The van der Waals surface area contributed by atoms with Gasteiger partial charge in [0.05, 0.1) is 13.7 Å². The fraction of sp³-hybridized carbons (Fsp3) is 0.760. The predicted octanol–water partition coefficient (Wildman–Crippen LogP) is 1.28. The van der Waals surface area contributed by atoms with E-state index in [9.17, 15) is 20.4 Å². The first-order valence-corrected chi connectivity index (χ1v) is 12.2. The zero-order chi connectivity index (χ0) is 23.0. The molecule has 0 aromatic heterocycles. The van der Waals surface area contributed by atoms with Crippen molar-refractivity contribution < 1.29 is 39.7 Å². The van der Waals surface area contributed by atoms with Gasteiger partial charge in [-0.2, -0.15) is 0 Å². The average molecular weight is 463 g/mol. The van der Waals surface area contributed by atoms with Crippen LogP contribution in [0.3, 0.4) is 0 Å². The molecule has 0 spiro atoms. The second-order valence-corrected chi connectivity index (χ2v) is 11.1. The van der Waals surface area contributed by atoms with Crippen LogP contribution in [0.5, 0.6) is 5.75 Å². The first-order chi connectivity index (χ1) is 15.9. The van der Waals surface area contributed by atoms with E-state index in [0.717, 1.165) is 19.3 Å². The molecule has 4 saturated carbocycles. The molecule has 33 heavy (non-hydrogen) atoms. The number of methoxy groups -OCH3 is 1. The maximum atomic E-state index is 11.2. The molecule has 7 atom stereocenters. The Balaban J connectivity index is 1.47. The Labute approximate surface area is 193 Å². The van der Waals surface area contributed by atoms with Crippen LogP contribution < -0.4 is 4.74 Å². The smallest absolute Gasteiger partial charge is 0.190 e. The molecule has 1 aromatic rings. The lowest BCUT2D eigenvalue weighted by atomic mass is 9.46. The summed E-state index contributed by atoms with van der Waals surface area (Å²) in [6.07, 6.45) is 0.0897. The summed E-state index contributed by atoms with van der Waals surface area (Å²) in [4.78, 5) is 12.0. The summed E-state index contributed by atoms with van der Waals surface area (Å²) in [6, 6.07) is 7.46. The van der Waals surface area contributed by atoms with Crippen molar-refractivity contribution in [2.75, 3.05) is 13.7 Å². The predicted molar refractivity (Wildman–Crippen MR) is 115 cm³/mol. The zero-order valence-corrected chi connectivity index (χ0v) is 18.9. The summed E-state index contributed by atoms with van der Waals surface area (Å²) < 4.78 is 11.8. The molecule has 4 aliphatic carbocycles. The molecule has 6 aliphatic rings. The van der Waals surface area contributed by atoms with Crippen molar-refractivity contribution >= 4 is 0 Å². The standard InChI is InChI=1S/C25H34O8/c1-30-17-5-3-2-4-16(17)25(22-21(29)20(28)19(27)18(12-26)31-22)23(32-33-25)24-9-13-6-14(10-24)8-15(7-13)11-24/h2-5,13-15,18-23,26-29H,6-12H2,1H3/t13?,14?,15?,18-,19+,20+,21-,22-,23?,24?,25?/m1/s1. The fourth-order valence-corrected chi connectivity index (χ4v) is 8.22. The molecule has 2 unspecified atom stereocenters. The molecule has 7 rings (SSSR count). The minimum atomic E-state index is -1.49. The van der Waals surface area contributed by atoms with Gasteiger partial charge >= 0.3 is 0 Å². The number of ether oxygens (including phenoxy) is 2. The van der Waals surface area contributed by atoms with E-state index in [1.807, 2.05) is 24.3 Å². The molecule has 2 heterocycles. The van der Waals surface area contributed by atoms with Crippen LogP contribution in [0.2, 0.25) is 0 Å². The van der Waals surface area contributed by atoms with Gasteiger partial charge in [-0.25, -0.2) is 9.78 Å². The lowest BCUT2D eigenvalue weighted by Crippen LogP contribution is -2.75. The Hall–Kier alpha value is -1.26. The van der Waals surface area contributed by atoms with Crippen molar-refractivity contribution in [2.45, 2.75) is 80.7 Å². The van der Waals surface area contributed by atoms with Crippen LogP contribution in [0.15, 0.2) is 24.3 Å². The van der Waals surface area contributed by atoms with E-state index >= 15 is 0 Å². The number of hydrogen-bond acceptors (Lipinski definition) is 8. The SMILES string of the molecule is COc1ccccc1C1([C@@H]2O[C@H](CO)[C@H](O)[C@H](O)[C@H]2O)OOC1C12CC3CC(CC(C3)C1)C2. The van der Waals surface area contributed by atoms with Crippen LogP contribution in [0, 0.1) is 23.2 Å². The van der Waals surface area contributed by atoms with Crippen molar-refractivity contribution in [1.29, 1.82) is 0 Å². The van der Waals surface area contributed by atoms with Crippen LogP contribution in [0.4, 0.5) is 0 Å². The topological polar surface area (TPSA) is 118 Å². The highest BCUT2D eigenvalue weighted by atomic mass is 17.3. The molecule has 182 valence electrons. The number of hydrogen-bond donors (Lipinski definition) is 4. The van der Waals surface area contributed by atoms with E-state index in [1.165, 1.54) is 19.3 Å². The minimum Gasteiger partial charge on any atom is -0.496 e. The number of aliphatic hydroxyl groups excluding tert-OH is 4. The zero-order valence-electron chi connectivity index (χ0n) is 18.9. The van der Waals surface area contributed by atoms with E-state index in [1.54, 1.807) is 7.11 Å². The second kappa shape index (κ2) is 7.88. The highest BCUT2D eigenvalue weighted by Gasteiger charge is 2.72. The Morgan fingerprint density at radius 1 is 0.939 bits per heavy atom. The summed E-state index contributed by atoms with van der Waals surface area (Å²) in [5, 5.41) is 42.0. The van der Waals surface area contributed by atoms with Crippen molar-refractivity contribution in [1.82, 2.24) is 0 Å². The molecule has 8 nitrogen and oxygen atoms in total. The molecule has 1 aromatic carbocycles. The van der Waals surface area contributed by atoms with E-state index < -0.39 is 48.8 Å². The van der Waals surface area contributed by atoms with Crippen LogP contribution in [0.25, 0.3) is 0 Å². The van der Waals surface area contributed by atoms with Crippen LogP contribution in [-0.2, 0) is 20.1 Å². The Morgan fingerprint density at radius 2 is 1.58 bits per heavy atom. The van der Waals surface area contributed by atoms with E-state index in [0.29, 0.717) is 29.1 Å². The van der Waals surface area contributed by atoms with Crippen LogP contribution in [0.1, 0.15) is 44.1 Å². The molecule has 8 heteroatoms. The van der Waals surface area contributed by atoms with Crippen molar-refractivity contribution in [3.8, 4) is 5.75 Å². The van der Waals surface area contributed by atoms with Gasteiger partial charge in [0.25, 0.3) is 0 Å². The van der Waals surface area contributed by atoms with Crippen molar-refractivity contribution in [2.24, 2.45) is 23.2 Å². The van der Waals surface area contributed by atoms with E-state index in [2.05, 4.69) is 0 Å². The highest BCUT2D eigenvalue weighted by Crippen LogP contribution is 2.67. The lowest BCUT2D eigenvalue weighted by Gasteiger charge is -2.66. The fourth-order valence-electron chi connectivity index (χ4n) is 8.22. The van der Waals surface area contributed by atoms with E-state index in [4.69, 9.17) is 19.2 Å². The first-order valence-electron chi connectivity index (χ1n) is 12.2. The van der Waals surface area contributed by atoms with Crippen LogP contribution >= 0.6 is 0 Å². The monoisotopic (exact) mass is 462 g/mol. The molecule has 2 aliphatic heterocycles. The lowest BCUT2D eigenvalue weighted by molar-refractivity contribution is -0.564. The highest BCUT2D eigenvalue weighted by molar-refractivity contribution is 5.42. The molecule has 2 saturated heterocycles. The molecule has 4 N–H and O–H groups in total. The Bertz CT molecular complexity index is 854. The average Bonchev–Trinajstić information content (AvgIpc) is 2.77. The third-order valence-corrected chi connectivity index (χ3v) is 9.16. The van der Waals surface area contributed by atoms with Crippen molar-refractivity contribution in [3.05, 3.63) is 29.8 Å². The minimum absolute atomic E-state index is 0.118. The maximum absolute atomic E-state index is 11.2. The van der Waals surface area contributed by atoms with Gasteiger partial charge in [-0.1, -0.05) is 18.2 Å². The van der Waals surface area contributed by atoms with Gasteiger partial charge in [0, 0.05) is 11.0 Å². The summed E-state index contributed by atoms with van der Waals surface area (Å²) in [6.45, 7) is -0.494. The third-order valence-electron chi connectivity index (χ3n) is 9.16. The van der Waals surface area contributed by atoms with Gasteiger partial charge in [0.1, 0.15) is 42.4 Å². The van der Waals surface area contributed by atoms with Gasteiger partial charge in [-0.3, -0.25) is 0 Å². The van der Waals surface area contributed by atoms with Gasteiger partial charge in [0.2, 0.25) is 0 Å². The molecule has 6 fully saturated rings. The second-order valence-electron chi connectivity index (χ2n) is 11.1. The number of para-hydroxylation sites is 1. The largest absolute Gasteiger partial charge is 0.496 e. The molecule has 0 radical (unpaired) electrons. The normalized spacial score (nSPS) is 50.8. The summed E-state index contributed by atoms with van der Waals surface area (Å²) in [7, 11) is 1.58. The molecular weight excluding hydrogens is 428 g/mol. The Morgan fingerprint density at radius 3 is 2.12 bits per heavy atom. The van der Waals surface area contributed by atoms with Gasteiger partial charge in [-0.05, 0) is 62.3 Å². The molecular formula is C25H34O8. The third kappa shape index (κ3) is 3.08. The van der Waals surface area contributed by atoms with Gasteiger partial charge in [-0.15, -0.1) is 0 Å². The first kappa shape index (κ1) is 22.2. The number of aliphatic hydroxyl groups is 4. The summed E-state index contributed by atoms with van der Waals surface area (Å²) >= 11 is 0. The summed E-state index contributed by atoms with van der Waals surface area (Å²) in [5.74, 6) is 2.59. The number of benzene rings is 1. The van der Waals surface area contributed by atoms with Gasteiger partial charge < -0.3 is 29.9 Å². The molecule has 0 amide bonds. The van der Waals surface area contributed by atoms with Crippen molar-refractivity contribution in [3.63, 3.8) is 0 Å². The quantitative estimate of drug-likeness (QED) is 0.484. The van der Waals surface area contributed by atoms with Gasteiger partial charge in [0.15, 0.2) is 5.60 Å². The maximum Gasteiger partial charge on any atom is 0.190 e. The Kier molecular flexibility index (Phi) is 5.31. The van der Waals surface area contributed by atoms with E-state index in [-0.39, 0.29) is 5.41 Å². The summed E-state index contributed by atoms with van der Waals surface area (Å²) in [5.41, 5.74) is -0.678.